The van der Waals surface area contributed by atoms with Crippen molar-refractivity contribution >= 4 is 15.7 Å². The van der Waals surface area contributed by atoms with E-state index in [1.807, 2.05) is 6.07 Å². The highest BCUT2D eigenvalue weighted by Crippen LogP contribution is 2.38. The Morgan fingerprint density at radius 3 is 2.85 bits per heavy atom. The molecule has 0 radical (unpaired) electrons. The topological polar surface area (TPSA) is 58.2 Å². The van der Waals surface area contributed by atoms with Gasteiger partial charge in [-0.3, -0.25) is 0 Å². The fourth-order valence-corrected chi connectivity index (χ4v) is 4.74. The molecule has 1 unspecified atom stereocenters. The lowest BCUT2D eigenvalue weighted by Gasteiger charge is -2.27. The van der Waals surface area contributed by atoms with E-state index in [4.69, 9.17) is 0 Å². The highest BCUT2D eigenvalue weighted by atomic mass is 32.2. The smallest absolute Gasteiger partial charge is 0.240 e. The Hall–Kier alpha value is -1.07. The Balaban J connectivity index is 1.85. The van der Waals surface area contributed by atoms with Crippen molar-refractivity contribution in [1.82, 2.24) is 4.72 Å². The number of hydrogen-bond donors (Lipinski definition) is 2. The quantitative estimate of drug-likeness (QED) is 0.900. The first-order valence-electron chi connectivity index (χ1n) is 7.28. The predicted octanol–water partition coefficient (Wildman–Crippen LogP) is 2.51. The van der Waals surface area contributed by atoms with Crippen molar-refractivity contribution in [2.75, 3.05) is 11.9 Å². The molecule has 2 aliphatic rings. The van der Waals surface area contributed by atoms with E-state index in [2.05, 4.69) is 23.9 Å². The monoisotopic (exact) mass is 294 g/mol. The average molecular weight is 294 g/mol. The van der Waals surface area contributed by atoms with Crippen LogP contribution in [0, 0.1) is 5.41 Å². The second-order valence-corrected chi connectivity index (χ2v) is 8.26. The maximum atomic E-state index is 12.5. The highest BCUT2D eigenvalue weighted by Gasteiger charge is 2.37. The van der Waals surface area contributed by atoms with Crippen LogP contribution in [-0.4, -0.2) is 21.0 Å². The van der Waals surface area contributed by atoms with Gasteiger partial charge in [0.25, 0.3) is 0 Å². The number of sulfonamides is 1. The maximum absolute atomic E-state index is 12.5. The van der Waals surface area contributed by atoms with Gasteiger partial charge < -0.3 is 5.32 Å². The minimum atomic E-state index is -3.41. The van der Waals surface area contributed by atoms with Crippen molar-refractivity contribution < 1.29 is 8.42 Å². The molecule has 1 aromatic rings. The van der Waals surface area contributed by atoms with Crippen molar-refractivity contribution in [3.63, 3.8) is 0 Å². The fraction of sp³-hybridized carbons (Fsp3) is 0.600. The molecule has 0 aromatic heterocycles. The third kappa shape index (κ3) is 2.44. The molecule has 1 heterocycles. The highest BCUT2D eigenvalue weighted by molar-refractivity contribution is 7.89. The summed E-state index contributed by atoms with van der Waals surface area (Å²) in [5.41, 5.74) is 2.20. The lowest BCUT2D eigenvalue weighted by molar-refractivity contribution is 0.313. The zero-order valence-electron chi connectivity index (χ0n) is 12.1. The molecule has 2 N–H and O–H groups in total. The number of fused-ring (bicyclic) bond motifs is 1. The summed E-state index contributed by atoms with van der Waals surface area (Å²) >= 11 is 0. The summed E-state index contributed by atoms with van der Waals surface area (Å²) in [5.74, 6) is 0. The molecule has 5 heteroatoms. The van der Waals surface area contributed by atoms with Crippen molar-refractivity contribution in [2.24, 2.45) is 5.41 Å². The van der Waals surface area contributed by atoms with Crippen molar-refractivity contribution in [3.05, 3.63) is 23.8 Å². The molecule has 1 aromatic carbocycles. The largest absolute Gasteiger partial charge is 0.384 e. The average Bonchev–Trinajstić information content (AvgIpc) is 2.95. The van der Waals surface area contributed by atoms with E-state index in [0.29, 0.717) is 4.90 Å². The minimum Gasteiger partial charge on any atom is -0.384 e. The predicted molar refractivity (Wildman–Crippen MR) is 80.4 cm³/mol. The molecule has 20 heavy (non-hydrogen) atoms. The van der Waals surface area contributed by atoms with Crippen LogP contribution in [-0.2, 0) is 16.4 Å². The zero-order chi connectivity index (χ0) is 14.4. The summed E-state index contributed by atoms with van der Waals surface area (Å²) in [7, 11) is -3.41. The standard InChI is InChI=1S/C15H22N2O2S/c1-15(2)8-3-4-14(15)17-20(18,19)12-5-6-13-11(10-12)7-9-16-13/h5-6,10,14,16-17H,3-4,7-9H2,1-2H3. The Morgan fingerprint density at radius 1 is 1.35 bits per heavy atom. The number of hydrogen-bond acceptors (Lipinski definition) is 3. The van der Waals surface area contributed by atoms with Gasteiger partial charge >= 0.3 is 0 Å². The molecule has 4 nitrogen and oxygen atoms in total. The van der Waals surface area contributed by atoms with Crippen molar-refractivity contribution in [3.8, 4) is 0 Å². The first kappa shape index (κ1) is 13.9. The van der Waals surface area contributed by atoms with Crippen LogP contribution in [0.2, 0.25) is 0 Å². The number of nitrogens with one attached hydrogen (secondary N) is 2. The van der Waals surface area contributed by atoms with E-state index in [1.165, 1.54) is 0 Å². The van der Waals surface area contributed by atoms with Gasteiger partial charge in [-0.15, -0.1) is 0 Å². The van der Waals surface area contributed by atoms with Gasteiger partial charge in [0.2, 0.25) is 10.0 Å². The van der Waals surface area contributed by atoms with Gasteiger partial charge in [-0.25, -0.2) is 13.1 Å². The normalized spacial score (nSPS) is 24.4. The third-order valence-electron chi connectivity index (χ3n) is 4.65. The van der Waals surface area contributed by atoms with Crippen LogP contribution in [0.3, 0.4) is 0 Å². The van der Waals surface area contributed by atoms with Crippen LogP contribution in [0.5, 0.6) is 0 Å². The van der Waals surface area contributed by atoms with E-state index in [0.717, 1.165) is 43.5 Å². The van der Waals surface area contributed by atoms with Gasteiger partial charge in [0.15, 0.2) is 0 Å². The zero-order valence-corrected chi connectivity index (χ0v) is 12.9. The van der Waals surface area contributed by atoms with Gasteiger partial charge in [-0.05, 0) is 48.4 Å². The third-order valence-corrected chi connectivity index (χ3v) is 6.12. The van der Waals surface area contributed by atoms with Gasteiger partial charge in [-0.2, -0.15) is 0 Å². The molecule has 1 saturated carbocycles. The summed E-state index contributed by atoms with van der Waals surface area (Å²) in [6.07, 6.45) is 3.99. The second-order valence-electron chi connectivity index (χ2n) is 6.55. The van der Waals surface area contributed by atoms with Crippen molar-refractivity contribution in [2.45, 2.75) is 50.5 Å². The summed E-state index contributed by atoms with van der Waals surface area (Å²) < 4.78 is 28.0. The SMILES string of the molecule is CC1(C)CCCC1NS(=O)(=O)c1ccc2c(c1)CCN2. The van der Waals surface area contributed by atoms with Crippen LogP contribution in [0.15, 0.2) is 23.1 Å². The van der Waals surface area contributed by atoms with Crippen LogP contribution < -0.4 is 10.0 Å². The number of benzene rings is 1. The summed E-state index contributed by atoms with van der Waals surface area (Å²) in [5, 5.41) is 3.25. The molecule has 1 aliphatic heterocycles. The van der Waals surface area contributed by atoms with E-state index >= 15 is 0 Å². The minimum absolute atomic E-state index is 0.0406. The fourth-order valence-electron chi connectivity index (χ4n) is 3.25. The van der Waals surface area contributed by atoms with E-state index in [9.17, 15) is 8.42 Å². The molecule has 1 aliphatic carbocycles. The van der Waals surface area contributed by atoms with Gasteiger partial charge in [0, 0.05) is 18.3 Å². The van der Waals surface area contributed by atoms with E-state index < -0.39 is 10.0 Å². The lowest BCUT2D eigenvalue weighted by Crippen LogP contribution is -2.41. The maximum Gasteiger partial charge on any atom is 0.240 e. The molecule has 1 fully saturated rings. The van der Waals surface area contributed by atoms with Crippen LogP contribution in [0.25, 0.3) is 0 Å². The number of rotatable bonds is 3. The lowest BCUT2D eigenvalue weighted by atomic mass is 9.88. The number of anilines is 1. The van der Waals surface area contributed by atoms with Crippen LogP contribution >= 0.6 is 0 Å². The first-order valence-corrected chi connectivity index (χ1v) is 8.76. The Bertz CT molecular complexity index is 623. The Morgan fingerprint density at radius 2 is 2.15 bits per heavy atom. The molecule has 0 saturated heterocycles. The van der Waals surface area contributed by atoms with Crippen LogP contribution in [0.4, 0.5) is 5.69 Å². The molecular weight excluding hydrogens is 272 g/mol. The van der Waals surface area contributed by atoms with E-state index in [1.54, 1.807) is 12.1 Å². The molecule has 0 spiro atoms. The van der Waals surface area contributed by atoms with Gasteiger partial charge in [0.05, 0.1) is 4.90 Å². The molecule has 110 valence electrons. The van der Waals surface area contributed by atoms with Gasteiger partial charge in [-0.1, -0.05) is 20.3 Å². The molecule has 0 amide bonds. The molecule has 1 atom stereocenters. The summed E-state index contributed by atoms with van der Waals surface area (Å²) in [6.45, 7) is 5.17. The molecule has 3 rings (SSSR count). The molecule has 0 bridgehead atoms. The van der Waals surface area contributed by atoms with E-state index in [-0.39, 0.29) is 11.5 Å². The van der Waals surface area contributed by atoms with Crippen LogP contribution in [0.1, 0.15) is 38.7 Å². The molecular formula is C15H22N2O2S. The second kappa shape index (κ2) is 4.74. The van der Waals surface area contributed by atoms with Gasteiger partial charge in [0.1, 0.15) is 0 Å². The Kier molecular flexibility index (Phi) is 3.29. The summed E-state index contributed by atoms with van der Waals surface area (Å²) in [6, 6.07) is 5.41. The first-order chi connectivity index (χ1) is 9.38. The Labute approximate surface area is 121 Å². The van der Waals surface area contributed by atoms with Crippen molar-refractivity contribution in [1.29, 1.82) is 0 Å². The summed E-state index contributed by atoms with van der Waals surface area (Å²) in [4.78, 5) is 0.391.